The molecule has 1 aromatic heterocycles. The van der Waals surface area contributed by atoms with Crippen molar-refractivity contribution in [3.63, 3.8) is 0 Å². The van der Waals surface area contributed by atoms with E-state index in [2.05, 4.69) is 9.72 Å². The van der Waals surface area contributed by atoms with E-state index in [9.17, 15) is 23.1 Å². The molecule has 1 N–H and O–H groups in total. The molecule has 0 atom stereocenters. The zero-order chi connectivity index (χ0) is 18.0. The largest absolute Gasteiger partial charge is 0.573 e. The number of amides is 1. The van der Waals surface area contributed by atoms with E-state index in [1.807, 2.05) is 0 Å². The number of carbonyl (C=O) groups is 1. The molecule has 1 aromatic carbocycles. The first kappa shape index (κ1) is 17.1. The second kappa shape index (κ2) is 6.63. The van der Waals surface area contributed by atoms with Crippen molar-refractivity contribution in [1.29, 1.82) is 0 Å². The Kier molecular flexibility index (Phi) is 4.53. The van der Waals surface area contributed by atoms with Gasteiger partial charge in [-0.3, -0.25) is 4.79 Å². The third-order valence-corrected chi connectivity index (χ3v) is 3.34. The smallest absolute Gasteiger partial charge is 0.484 e. The molecule has 0 saturated carbocycles. The Labute approximate surface area is 139 Å². The first-order valence-electron chi connectivity index (χ1n) is 7.20. The molecule has 7 nitrogen and oxygen atoms in total. The maximum absolute atomic E-state index is 12.1. The van der Waals surface area contributed by atoms with Gasteiger partial charge in [0.1, 0.15) is 17.8 Å². The topological polar surface area (TPSA) is 85.0 Å². The normalized spacial score (nSPS) is 15.0. The van der Waals surface area contributed by atoms with Crippen LogP contribution < -0.4 is 9.47 Å². The number of β-amino-alcohol motifs (C(OH)–C–C–N with tert-alkyl or cyclic N) is 1. The zero-order valence-corrected chi connectivity index (χ0v) is 12.7. The van der Waals surface area contributed by atoms with Crippen molar-refractivity contribution >= 4 is 5.91 Å². The third kappa shape index (κ3) is 4.41. The lowest BCUT2D eigenvalue weighted by molar-refractivity contribution is -0.274. The summed E-state index contributed by atoms with van der Waals surface area (Å²) in [6.07, 6.45) is -4.08. The summed E-state index contributed by atoms with van der Waals surface area (Å²) in [6, 6.07) is 4.83. The number of benzene rings is 1. The molecule has 0 radical (unpaired) electrons. The van der Waals surface area contributed by atoms with Crippen LogP contribution >= 0.6 is 0 Å². The van der Waals surface area contributed by atoms with Gasteiger partial charge in [0.25, 0.3) is 5.91 Å². The van der Waals surface area contributed by atoms with Crippen LogP contribution in [-0.2, 0) is 6.61 Å². The predicted octanol–water partition coefficient (Wildman–Crippen LogP) is 1.97. The fourth-order valence-electron chi connectivity index (χ4n) is 2.14. The highest BCUT2D eigenvalue weighted by atomic mass is 19.4. The van der Waals surface area contributed by atoms with Crippen LogP contribution in [0, 0.1) is 0 Å². The second-order valence-corrected chi connectivity index (χ2v) is 5.30. The lowest BCUT2D eigenvalue weighted by Gasteiger charge is -2.35. The number of carbonyl (C=O) groups excluding carboxylic acids is 1. The maximum atomic E-state index is 12.1. The number of aromatic nitrogens is 1. The first-order valence-corrected chi connectivity index (χ1v) is 7.20. The van der Waals surface area contributed by atoms with Gasteiger partial charge in [0, 0.05) is 13.1 Å². The zero-order valence-electron chi connectivity index (χ0n) is 12.7. The molecule has 3 rings (SSSR count). The molecule has 2 aromatic rings. The Morgan fingerprint density at radius 2 is 1.92 bits per heavy atom. The van der Waals surface area contributed by atoms with Crippen LogP contribution in [0.2, 0.25) is 0 Å². The molecule has 1 saturated heterocycles. The van der Waals surface area contributed by atoms with Gasteiger partial charge in [-0.25, -0.2) is 4.98 Å². The van der Waals surface area contributed by atoms with E-state index in [0.29, 0.717) is 0 Å². The number of rotatable bonds is 5. The van der Waals surface area contributed by atoms with Gasteiger partial charge in [0.05, 0.1) is 6.10 Å². The molecule has 134 valence electrons. The molecule has 0 unspecified atom stereocenters. The van der Waals surface area contributed by atoms with Crippen LogP contribution in [0.4, 0.5) is 13.2 Å². The second-order valence-electron chi connectivity index (χ2n) is 5.30. The minimum absolute atomic E-state index is 0.0967. The molecule has 0 bridgehead atoms. The minimum Gasteiger partial charge on any atom is -0.484 e. The Hall–Kier alpha value is -2.75. The maximum Gasteiger partial charge on any atom is 0.573 e. The van der Waals surface area contributed by atoms with E-state index >= 15 is 0 Å². The Morgan fingerprint density at radius 3 is 2.52 bits per heavy atom. The van der Waals surface area contributed by atoms with Gasteiger partial charge in [-0.2, -0.15) is 0 Å². The molecular weight excluding hydrogens is 345 g/mol. The van der Waals surface area contributed by atoms with Crippen LogP contribution in [0.1, 0.15) is 16.4 Å². The Morgan fingerprint density at radius 1 is 1.28 bits per heavy atom. The first-order chi connectivity index (χ1) is 11.8. The van der Waals surface area contributed by atoms with E-state index in [-0.39, 0.29) is 48.7 Å². The standard InChI is InChI=1S/C15H13F3N2O5/c16-15(17,18)25-11-3-1-10(2-4-11)23-8-13-19-12(7-24-13)14(22)20-5-9(21)6-20/h1-4,7,9,21H,5-6,8H2. The van der Waals surface area contributed by atoms with E-state index in [4.69, 9.17) is 9.15 Å². The lowest BCUT2D eigenvalue weighted by atomic mass is 10.1. The van der Waals surface area contributed by atoms with E-state index < -0.39 is 12.5 Å². The van der Waals surface area contributed by atoms with Crippen molar-refractivity contribution in [2.45, 2.75) is 19.1 Å². The molecule has 1 aliphatic heterocycles. The molecule has 10 heteroatoms. The molecule has 1 aliphatic rings. The van der Waals surface area contributed by atoms with Gasteiger partial charge >= 0.3 is 6.36 Å². The lowest BCUT2D eigenvalue weighted by Crippen LogP contribution is -2.53. The monoisotopic (exact) mass is 358 g/mol. The quantitative estimate of drug-likeness (QED) is 0.880. The summed E-state index contributed by atoms with van der Waals surface area (Å²) < 4.78 is 50.4. The molecule has 1 fully saturated rings. The Balaban J connectivity index is 1.53. The van der Waals surface area contributed by atoms with Gasteiger partial charge in [-0.1, -0.05) is 0 Å². The van der Waals surface area contributed by atoms with Crippen LogP contribution in [-0.4, -0.2) is 46.5 Å². The van der Waals surface area contributed by atoms with Gasteiger partial charge in [-0.05, 0) is 24.3 Å². The average Bonchev–Trinajstić information content (AvgIpc) is 2.98. The third-order valence-electron chi connectivity index (χ3n) is 3.34. The average molecular weight is 358 g/mol. The van der Waals surface area contributed by atoms with Crippen molar-refractivity contribution in [2.75, 3.05) is 13.1 Å². The van der Waals surface area contributed by atoms with Crippen LogP contribution in [0.3, 0.4) is 0 Å². The van der Waals surface area contributed by atoms with Crippen LogP contribution in [0.5, 0.6) is 11.5 Å². The highest BCUT2D eigenvalue weighted by Crippen LogP contribution is 2.25. The van der Waals surface area contributed by atoms with Crippen molar-refractivity contribution in [3.8, 4) is 11.5 Å². The molecule has 25 heavy (non-hydrogen) atoms. The minimum atomic E-state index is -4.75. The summed E-state index contributed by atoms with van der Waals surface area (Å²) in [4.78, 5) is 17.4. The van der Waals surface area contributed by atoms with Gasteiger partial charge in [-0.15, -0.1) is 13.2 Å². The fraction of sp³-hybridized carbons (Fsp3) is 0.333. The predicted molar refractivity (Wildman–Crippen MR) is 75.9 cm³/mol. The number of hydrogen-bond acceptors (Lipinski definition) is 6. The number of aliphatic hydroxyl groups is 1. The number of hydrogen-bond donors (Lipinski definition) is 1. The number of nitrogens with zero attached hydrogens (tertiary/aromatic N) is 2. The number of oxazole rings is 1. The van der Waals surface area contributed by atoms with Crippen molar-refractivity contribution in [3.05, 3.63) is 42.1 Å². The van der Waals surface area contributed by atoms with Crippen LogP contribution in [0.25, 0.3) is 0 Å². The summed E-state index contributed by atoms with van der Waals surface area (Å²) in [5, 5.41) is 9.18. The summed E-state index contributed by atoms with van der Waals surface area (Å²) in [6.45, 7) is 0.406. The van der Waals surface area contributed by atoms with Gasteiger partial charge in [0.2, 0.25) is 5.89 Å². The number of ether oxygens (including phenoxy) is 2. The number of aliphatic hydroxyl groups excluding tert-OH is 1. The molecule has 2 heterocycles. The van der Waals surface area contributed by atoms with E-state index in [1.54, 1.807) is 0 Å². The van der Waals surface area contributed by atoms with Crippen molar-refractivity contribution in [1.82, 2.24) is 9.88 Å². The molecule has 0 spiro atoms. The summed E-state index contributed by atoms with van der Waals surface area (Å²) in [7, 11) is 0. The SMILES string of the molecule is O=C(c1coc(COc2ccc(OC(F)(F)F)cc2)n1)N1CC(O)C1. The highest BCUT2D eigenvalue weighted by Gasteiger charge is 2.31. The molecule has 0 aliphatic carbocycles. The number of halogens is 3. The molecular formula is C15H13F3N2O5. The van der Waals surface area contributed by atoms with Crippen molar-refractivity contribution < 1.29 is 37.0 Å². The summed E-state index contributed by atoms with van der Waals surface area (Å²) in [5.74, 6) is -0.291. The van der Waals surface area contributed by atoms with E-state index in [0.717, 1.165) is 12.1 Å². The molecule has 1 amide bonds. The highest BCUT2D eigenvalue weighted by molar-refractivity contribution is 5.92. The van der Waals surface area contributed by atoms with Crippen molar-refractivity contribution in [2.24, 2.45) is 0 Å². The fourth-order valence-corrected chi connectivity index (χ4v) is 2.14. The Bertz CT molecular complexity index is 738. The summed E-state index contributed by atoms with van der Waals surface area (Å²) in [5.41, 5.74) is 0.0967. The van der Waals surface area contributed by atoms with E-state index in [1.165, 1.54) is 23.3 Å². The number of likely N-dealkylation sites (tertiary alicyclic amines) is 1. The van der Waals surface area contributed by atoms with Gasteiger partial charge < -0.3 is 23.9 Å². The van der Waals surface area contributed by atoms with Gasteiger partial charge in [0.15, 0.2) is 12.3 Å². The van der Waals surface area contributed by atoms with Crippen LogP contribution in [0.15, 0.2) is 34.9 Å². The summed E-state index contributed by atoms with van der Waals surface area (Å²) >= 11 is 0. The number of alkyl halides is 3.